The average molecular weight is 419 g/mol. The third-order valence-electron chi connectivity index (χ3n) is 5.01. The number of nitrogens with zero attached hydrogens (tertiary/aromatic N) is 1. The van der Waals surface area contributed by atoms with Crippen molar-refractivity contribution in [1.29, 1.82) is 0 Å². The fourth-order valence-electron chi connectivity index (χ4n) is 3.41. The van der Waals surface area contributed by atoms with Crippen molar-refractivity contribution in [3.8, 4) is 0 Å². The van der Waals surface area contributed by atoms with Crippen LogP contribution in [0.3, 0.4) is 0 Å². The molecule has 1 aliphatic heterocycles. The Bertz CT molecular complexity index is 1050. The van der Waals surface area contributed by atoms with Gasteiger partial charge in [0.2, 0.25) is 5.91 Å². The van der Waals surface area contributed by atoms with E-state index in [1.165, 1.54) is 25.1 Å². The molecule has 0 unspecified atom stereocenters. The second-order valence-electron chi connectivity index (χ2n) is 7.03. The summed E-state index contributed by atoms with van der Waals surface area (Å²) in [6, 6.07) is 9.69. The molecule has 9 heteroatoms. The molecule has 0 radical (unpaired) electrons. The number of anilines is 1. The van der Waals surface area contributed by atoms with Crippen LogP contribution < -0.4 is 10.5 Å². The van der Waals surface area contributed by atoms with Crippen LogP contribution in [0, 0.1) is 18.7 Å². The van der Waals surface area contributed by atoms with Crippen molar-refractivity contribution in [2.24, 2.45) is 11.7 Å². The Morgan fingerprint density at radius 2 is 1.79 bits per heavy atom. The van der Waals surface area contributed by atoms with E-state index in [1.807, 2.05) is 0 Å². The monoisotopic (exact) mass is 419 g/mol. The first-order valence-electron chi connectivity index (χ1n) is 9.15. The van der Waals surface area contributed by atoms with Crippen LogP contribution in [0.25, 0.3) is 0 Å². The second kappa shape index (κ2) is 8.20. The molecular weight excluding hydrogens is 397 g/mol. The number of amides is 2. The van der Waals surface area contributed by atoms with Crippen molar-refractivity contribution in [3.05, 3.63) is 59.4 Å². The quantitative estimate of drug-likeness (QED) is 0.775. The van der Waals surface area contributed by atoms with Crippen LogP contribution >= 0.6 is 0 Å². The van der Waals surface area contributed by atoms with Gasteiger partial charge in [-0.3, -0.25) is 14.3 Å². The number of primary amides is 1. The highest BCUT2D eigenvalue weighted by molar-refractivity contribution is 7.92. The van der Waals surface area contributed by atoms with Gasteiger partial charge in [-0.2, -0.15) is 0 Å². The van der Waals surface area contributed by atoms with Crippen LogP contribution in [0.5, 0.6) is 0 Å². The van der Waals surface area contributed by atoms with E-state index in [9.17, 15) is 22.4 Å². The van der Waals surface area contributed by atoms with Gasteiger partial charge in [-0.15, -0.1) is 0 Å². The minimum absolute atomic E-state index is 0.0663. The number of hydrogen-bond acceptors (Lipinski definition) is 4. The van der Waals surface area contributed by atoms with E-state index in [1.54, 1.807) is 17.0 Å². The SMILES string of the molecule is Cc1cc(F)ccc1S(=O)(=O)Nc1ccccc1C(=O)N1CCC(C(N)=O)CC1. The van der Waals surface area contributed by atoms with E-state index in [0.29, 0.717) is 25.9 Å². The number of halogens is 1. The Kier molecular flexibility index (Phi) is 5.88. The van der Waals surface area contributed by atoms with E-state index >= 15 is 0 Å². The van der Waals surface area contributed by atoms with E-state index < -0.39 is 15.8 Å². The molecule has 1 fully saturated rings. The van der Waals surface area contributed by atoms with Gasteiger partial charge in [-0.1, -0.05) is 12.1 Å². The van der Waals surface area contributed by atoms with Gasteiger partial charge in [0.1, 0.15) is 5.82 Å². The molecule has 0 atom stereocenters. The van der Waals surface area contributed by atoms with Gasteiger partial charge in [0.05, 0.1) is 16.1 Å². The maximum absolute atomic E-state index is 13.3. The zero-order valence-electron chi connectivity index (χ0n) is 15.9. The van der Waals surface area contributed by atoms with Crippen LogP contribution in [0.1, 0.15) is 28.8 Å². The predicted molar refractivity (Wildman–Crippen MR) is 106 cm³/mol. The van der Waals surface area contributed by atoms with E-state index in [2.05, 4.69) is 4.72 Å². The number of aryl methyl sites for hydroxylation is 1. The third-order valence-corrected chi connectivity index (χ3v) is 6.54. The van der Waals surface area contributed by atoms with Crippen LogP contribution in [0.4, 0.5) is 10.1 Å². The number of likely N-dealkylation sites (tertiary alicyclic amines) is 1. The van der Waals surface area contributed by atoms with Crippen LogP contribution in [0.2, 0.25) is 0 Å². The molecule has 3 N–H and O–H groups in total. The summed E-state index contributed by atoms with van der Waals surface area (Å²) in [5.74, 6) is -1.49. The van der Waals surface area contributed by atoms with E-state index in [0.717, 1.165) is 12.1 Å². The summed E-state index contributed by atoms with van der Waals surface area (Å²) in [4.78, 5) is 25.8. The summed E-state index contributed by atoms with van der Waals surface area (Å²) in [7, 11) is -4.02. The summed E-state index contributed by atoms with van der Waals surface area (Å²) < 4.78 is 41.3. The molecule has 3 rings (SSSR count). The number of carbonyl (C=O) groups excluding carboxylic acids is 2. The molecule has 0 bridgehead atoms. The van der Waals surface area contributed by atoms with Crippen molar-refractivity contribution >= 4 is 27.5 Å². The number of rotatable bonds is 5. The lowest BCUT2D eigenvalue weighted by atomic mass is 9.96. The number of nitrogens with one attached hydrogen (secondary N) is 1. The molecular formula is C20H22FN3O4S. The minimum Gasteiger partial charge on any atom is -0.369 e. The topological polar surface area (TPSA) is 110 Å². The summed E-state index contributed by atoms with van der Waals surface area (Å²) in [5, 5.41) is 0. The Labute approximate surface area is 168 Å². The van der Waals surface area contributed by atoms with Crippen LogP contribution in [0.15, 0.2) is 47.4 Å². The average Bonchev–Trinajstić information content (AvgIpc) is 2.67. The number of para-hydroxylation sites is 1. The van der Waals surface area contributed by atoms with Gasteiger partial charge in [-0.05, 0) is 55.7 Å². The molecule has 7 nitrogen and oxygen atoms in total. The number of carbonyl (C=O) groups is 2. The Balaban J connectivity index is 1.84. The van der Waals surface area contributed by atoms with Crippen molar-refractivity contribution in [2.75, 3.05) is 17.8 Å². The molecule has 0 aliphatic carbocycles. The molecule has 0 saturated carbocycles. The van der Waals surface area contributed by atoms with Crippen LogP contribution in [-0.4, -0.2) is 38.2 Å². The van der Waals surface area contributed by atoms with Gasteiger partial charge < -0.3 is 10.6 Å². The zero-order valence-corrected chi connectivity index (χ0v) is 16.7. The van der Waals surface area contributed by atoms with E-state index in [4.69, 9.17) is 5.73 Å². The zero-order chi connectivity index (χ0) is 21.2. The summed E-state index contributed by atoms with van der Waals surface area (Å²) in [5.41, 5.74) is 5.93. The predicted octanol–water partition coefficient (Wildman–Crippen LogP) is 2.27. The van der Waals surface area contributed by atoms with Gasteiger partial charge in [0.15, 0.2) is 0 Å². The Hall–Kier alpha value is -2.94. The maximum atomic E-state index is 13.3. The molecule has 1 aliphatic rings. The van der Waals surface area contributed by atoms with Crippen LogP contribution in [-0.2, 0) is 14.8 Å². The number of hydrogen-bond donors (Lipinski definition) is 2. The number of sulfonamides is 1. The molecule has 1 saturated heterocycles. The molecule has 154 valence electrons. The Morgan fingerprint density at radius 1 is 1.14 bits per heavy atom. The van der Waals surface area contributed by atoms with E-state index in [-0.39, 0.29) is 39.4 Å². The second-order valence-corrected chi connectivity index (χ2v) is 8.68. The third kappa shape index (κ3) is 4.56. The number of piperidine rings is 1. The number of benzene rings is 2. The Morgan fingerprint density at radius 3 is 2.41 bits per heavy atom. The first-order chi connectivity index (χ1) is 13.7. The lowest BCUT2D eigenvalue weighted by Gasteiger charge is -2.31. The summed E-state index contributed by atoms with van der Waals surface area (Å²) >= 11 is 0. The minimum atomic E-state index is -4.02. The summed E-state index contributed by atoms with van der Waals surface area (Å²) in [6.07, 6.45) is 0.952. The first-order valence-corrected chi connectivity index (χ1v) is 10.6. The van der Waals surface area contributed by atoms with Gasteiger partial charge in [0, 0.05) is 19.0 Å². The molecule has 2 amide bonds. The fraction of sp³-hybridized carbons (Fsp3) is 0.300. The van der Waals surface area contributed by atoms with Gasteiger partial charge in [-0.25, -0.2) is 12.8 Å². The highest BCUT2D eigenvalue weighted by atomic mass is 32.2. The van der Waals surface area contributed by atoms with Gasteiger partial charge in [0.25, 0.3) is 15.9 Å². The van der Waals surface area contributed by atoms with Crippen molar-refractivity contribution in [2.45, 2.75) is 24.7 Å². The summed E-state index contributed by atoms with van der Waals surface area (Å²) in [6.45, 7) is 2.23. The molecule has 2 aromatic rings. The molecule has 1 heterocycles. The lowest BCUT2D eigenvalue weighted by molar-refractivity contribution is -0.123. The smallest absolute Gasteiger partial charge is 0.262 e. The number of nitrogens with two attached hydrogens (primary N) is 1. The van der Waals surface area contributed by atoms with Crippen molar-refractivity contribution < 1.29 is 22.4 Å². The highest BCUT2D eigenvalue weighted by Gasteiger charge is 2.28. The molecule has 0 aromatic heterocycles. The fourth-order valence-corrected chi connectivity index (χ4v) is 4.72. The maximum Gasteiger partial charge on any atom is 0.262 e. The first kappa shape index (κ1) is 20.8. The highest BCUT2D eigenvalue weighted by Crippen LogP contribution is 2.25. The molecule has 2 aromatic carbocycles. The van der Waals surface area contributed by atoms with Crippen molar-refractivity contribution in [1.82, 2.24) is 4.90 Å². The normalized spacial score (nSPS) is 15.2. The lowest BCUT2D eigenvalue weighted by Crippen LogP contribution is -2.42. The largest absolute Gasteiger partial charge is 0.369 e. The standard InChI is InChI=1S/C20H22FN3O4S/c1-13-12-15(21)6-7-18(13)29(27,28)23-17-5-3-2-4-16(17)20(26)24-10-8-14(9-11-24)19(22)25/h2-7,12,14,23H,8-11H2,1H3,(H2,22,25). The molecule has 29 heavy (non-hydrogen) atoms. The van der Waals surface area contributed by atoms with Gasteiger partial charge >= 0.3 is 0 Å². The molecule has 0 spiro atoms. The van der Waals surface area contributed by atoms with Crippen molar-refractivity contribution in [3.63, 3.8) is 0 Å².